The lowest BCUT2D eigenvalue weighted by molar-refractivity contribution is -0.247. The van der Waals surface area contributed by atoms with Gasteiger partial charge in [-0.15, -0.1) is 0 Å². The van der Waals surface area contributed by atoms with Gasteiger partial charge in [-0.1, -0.05) is 24.3 Å². The van der Waals surface area contributed by atoms with Crippen molar-refractivity contribution in [2.75, 3.05) is 0 Å². The number of rotatable bonds is 3. The van der Waals surface area contributed by atoms with Crippen LogP contribution in [0.15, 0.2) is 24.3 Å². The standard InChI is InChI=1S/C26H27NO9/c1-10-21(29)15(27)7-17(35-10)36-16-9-26(34,11(2)28)8-14-18(16)25(33)20-19(24(14)32)22(30)12-5-3-4-6-13(12)23(20)31/h3-6,10,15-17,21,29,32-34H,7-9,27H2,1-2H3/t10?,15?,16?,17-,21?,26+/m1/s1. The molecule has 190 valence electrons. The van der Waals surface area contributed by atoms with Gasteiger partial charge in [0.15, 0.2) is 23.6 Å². The maximum atomic E-state index is 13.3. The molecular formula is C26H27NO9. The summed E-state index contributed by atoms with van der Waals surface area (Å²) in [4.78, 5) is 39.0. The molecule has 6 N–H and O–H groups in total. The number of ketones is 3. The highest BCUT2D eigenvalue weighted by Gasteiger charge is 2.49. The average molecular weight is 498 g/mol. The molecule has 1 heterocycles. The van der Waals surface area contributed by atoms with Crippen molar-refractivity contribution in [3.63, 3.8) is 0 Å². The maximum absolute atomic E-state index is 13.3. The Morgan fingerprint density at radius 3 is 2.25 bits per heavy atom. The first-order valence-corrected chi connectivity index (χ1v) is 11.7. The minimum absolute atomic E-state index is 0.00588. The Bertz CT molecular complexity index is 1290. The van der Waals surface area contributed by atoms with Crippen molar-refractivity contribution in [3.05, 3.63) is 57.6 Å². The van der Waals surface area contributed by atoms with Crippen LogP contribution in [0, 0.1) is 0 Å². The van der Waals surface area contributed by atoms with Gasteiger partial charge in [-0.3, -0.25) is 14.4 Å². The highest BCUT2D eigenvalue weighted by atomic mass is 16.7. The van der Waals surface area contributed by atoms with Crippen molar-refractivity contribution in [1.82, 2.24) is 0 Å². The summed E-state index contributed by atoms with van der Waals surface area (Å²) in [5, 5.41) is 43.8. The molecule has 5 rings (SSSR count). The van der Waals surface area contributed by atoms with Gasteiger partial charge in [0.1, 0.15) is 17.1 Å². The normalized spacial score (nSPS) is 31.4. The number of fused-ring (bicyclic) bond motifs is 3. The van der Waals surface area contributed by atoms with Crippen molar-refractivity contribution >= 4 is 17.3 Å². The smallest absolute Gasteiger partial charge is 0.198 e. The van der Waals surface area contributed by atoms with Crippen LogP contribution >= 0.6 is 0 Å². The number of aromatic hydroxyl groups is 2. The van der Waals surface area contributed by atoms with Crippen LogP contribution < -0.4 is 5.73 Å². The van der Waals surface area contributed by atoms with Crippen LogP contribution in [0.3, 0.4) is 0 Å². The summed E-state index contributed by atoms with van der Waals surface area (Å²) >= 11 is 0. The van der Waals surface area contributed by atoms with Crippen LogP contribution in [0.1, 0.15) is 75.8 Å². The monoisotopic (exact) mass is 497 g/mol. The SMILES string of the molecule is CC(=O)[C@]1(O)Cc2c(O)c3c(c(O)c2C(O[C@@H]2CC(N)C(O)C(C)O2)C1)C(=O)c1ccccc1C3=O. The number of aliphatic hydroxyl groups excluding tert-OH is 1. The minimum atomic E-state index is -1.97. The summed E-state index contributed by atoms with van der Waals surface area (Å²) in [6, 6.07) is 5.40. The van der Waals surface area contributed by atoms with Gasteiger partial charge in [-0.05, 0) is 13.8 Å². The molecule has 1 aliphatic heterocycles. The molecule has 2 aromatic rings. The Morgan fingerprint density at radius 2 is 1.69 bits per heavy atom. The topological polar surface area (TPSA) is 177 Å². The number of carbonyl (C=O) groups is 3. The zero-order valence-electron chi connectivity index (χ0n) is 19.7. The van der Waals surface area contributed by atoms with Crippen molar-refractivity contribution in [2.45, 2.75) is 69.4 Å². The number of benzene rings is 2. The number of hydrogen-bond donors (Lipinski definition) is 5. The third-order valence-electron chi connectivity index (χ3n) is 7.50. The van der Waals surface area contributed by atoms with Crippen molar-refractivity contribution < 1.29 is 44.3 Å². The van der Waals surface area contributed by atoms with E-state index in [0.717, 1.165) is 0 Å². The lowest BCUT2D eigenvalue weighted by Crippen LogP contribution is -2.52. The van der Waals surface area contributed by atoms with Gasteiger partial charge in [0.25, 0.3) is 0 Å². The first-order valence-electron chi connectivity index (χ1n) is 11.7. The predicted octanol–water partition coefficient (Wildman–Crippen LogP) is 1.02. The van der Waals surface area contributed by atoms with E-state index in [1.807, 2.05) is 0 Å². The van der Waals surface area contributed by atoms with Gasteiger partial charge >= 0.3 is 0 Å². The van der Waals surface area contributed by atoms with E-state index in [4.69, 9.17) is 15.2 Å². The number of carbonyl (C=O) groups excluding carboxylic acids is 3. The molecule has 0 radical (unpaired) electrons. The molecule has 2 aliphatic carbocycles. The maximum Gasteiger partial charge on any atom is 0.198 e. The molecule has 0 aromatic heterocycles. The van der Waals surface area contributed by atoms with E-state index < -0.39 is 71.5 Å². The van der Waals surface area contributed by atoms with Crippen molar-refractivity contribution in [3.8, 4) is 11.5 Å². The third-order valence-corrected chi connectivity index (χ3v) is 7.50. The lowest BCUT2D eigenvalue weighted by atomic mass is 9.72. The Balaban J connectivity index is 1.66. The molecule has 1 saturated heterocycles. The fourth-order valence-corrected chi connectivity index (χ4v) is 5.42. The molecule has 0 bridgehead atoms. The Labute approximate surface area is 206 Å². The Hall–Kier alpha value is -3.15. The molecule has 0 amide bonds. The van der Waals surface area contributed by atoms with E-state index in [2.05, 4.69) is 0 Å². The quantitative estimate of drug-likeness (QED) is 0.328. The molecule has 0 spiro atoms. The van der Waals surface area contributed by atoms with E-state index in [1.54, 1.807) is 19.1 Å². The van der Waals surface area contributed by atoms with E-state index in [9.17, 15) is 34.8 Å². The number of Topliss-reactive ketones (excluding diaryl/α,β-unsaturated/α-hetero) is 1. The summed E-state index contributed by atoms with van der Waals surface area (Å²) in [6.45, 7) is 2.80. The molecule has 10 heteroatoms. The molecule has 1 fully saturated rings. The highest BCUT2D eigenvalue weighted by Crippen LogP contribution is 2.51. The van der Waals surface area contributed by atoms with Gasteiger partial charge in [0, 0.05) is 47.6 Å². The van der Waals surface area contributed by atoms with Gasteiger partial charge in [0.2, 0.25) is 0 Å². The Morgan fingerprint density at radius 1 is 1.11 bits per heavy atom. The van der Waals surface area contributed by atoms with Crippen LogP contribution in [0.2, 0.25) is 0 Å². The van der Waals surface area contributed by atoms with Gasteiger partial charge in [-0.25, -0.2) is 0 Å². The highest BCUT2D eigenvalue weighted by molar-refractivity contribution is 6.30. The molecule has 2 aromatic carbocycles. The van der Waals surface area contributed by atoms with Crippen LogP contribution in [-0.2, 0) is 20.7 Å². The van der Waals surface area contributed by atoms with E-state index in [-0.39, 0.29) is 46.2 Å². The zero-order valence-corrected chi connectivity index (χ0v) is 19.7. The number of phenols is 2. The second kappa shape index (κ2) is 8.46. The predicted molar refractivity (Wildman–Crippen MR) is 124 cm³/mol. The van der Waals surface area contributed by atoms with Crippen molar-refractivity contribution in [1.29, 1.82) is 0 Å². The van der Waals surface area contributed by atoms with Crippen LogP contribution in [0.25, 0.3) is 0 Å². The van der Waals surface area contributed by atoms with Gasteiger partial charge < -0.3 is 35.6 Å². The molecule has 3 aliphatic rings. The number of hydrogen-bond acceptors (Lipinski definition) is 10. The largest absolute Gasteiger partial charge is 0.507 e. The first kappa shape index (κ1) is 24.5. The lowest BCUT2D eigenvalue weighted by Gasteiger charge is -2.42. The van der Waals surface area contributed by atoms with E-state index in [1.165, 1.54) is 19.1 Å². The number of phenolic OH excluding ortho intramolecular Hbond substituents is 2. The van der Waals surface area contributed by atoms with E-state index >= 15 is 0 Å². The molecule has 6 atom stereocenters. The summed E-state index contributed by atoms with van der Waals surface area (Å²) in [5.74, 6) is -3.06. The first-order chi connectivity index (χ1) is 16.9. The fourth-order valence-electron chi connectivity index (χ4n) is 5.42. The number of ether oxygens (including phenoxy) is 2. The van der Waals surface area contributed by atoms with Crippen LogP contribution in [0.4, 0.5) is 0 Å². The van der Waals surface area contributed by atoms with Gasteiger partial charge in [0.05, 0.1) is 29.4 Å². The Kier molecular flexibility index (Phi) is 5.77. The van der Waals surface area contributed by atoms with Crippen molar-refractivity contribution in [2.24, 2.45) is 5.73 Å². The molecule has 4 unspecified atom stereocenters. The fraction of sp³-hybridized carbons (Fsp3) is 0.423. The van der Waals surface area contributed by atoms with E-state index in [0.29, 0.717) is 0 Å². The molecule has 10 nitrogen and oxygen atoms in total. The number of nitrogens with two attached hydrogens (primary N) is 1. The molecular weight excluding hydrogens is 470 g/mol. The summed E-state index contributed by atoms with van der Waals surface area (Å²) in [6.07, 6.45) is -4.38. The molecule has 36 heavy (non-hydrogen) atoms. The van der Waals surface area contributed by atoms with Crippen LogP contribution in [-0.4, -0.2) is 67.9 Å². The summed E-state index contributed by atoms with van der Waals surface area (Å²) in [7, 11) is 0. The second-order valence-electron chi connectivity index (χ2n) is 9.80. The second-order valence-corrected chi connectivity index (χ2v) is 9.80. The summed E-state index contributed by atoms with van der Waals surface area (Å²) in [5.41, 5.74) is 3.38. The third kappa shape index (κ3) is 3.56. The zero-order chi connectivity index (χ0) is 26.1. The molecule has 0 saturated carbocycles. The summed E-state index contributed by atoms with van der Waals surface area (Å²) < 4.78 is 11.8. The average Bonchev–Trinajstić information content (AvgIpc) is 2.82. The number of aliphatic hydroxyl groups is 2. The van der Waals surface area contributed by atoms with Crippen LogP contribution in [0.5, 0.6) is 11.5 Å². The van der Waals surface area contributed by atoms with Gasteiger partial charge in [-0.2, -0.15) is 0 Å². The minimum Gasteiger partial charge on any atom is -0.507 e.